The van der Waals surface area contributed by atoms with Gasteiger partial charge in [-0.05, 0) is 68.3 Å². The Labute approximate surface area is 181 Å². The van der Waals surface area contributed by atoms with Gasteiger partial charge in [0.05, 0.1) is 10.6 Å². The molecule has 154 valence electrons. The van der Waals surface area contributed by atoms with Crippen molar-refractivity contribution in [1.82, 2.24) is 9.88 Å². The molecule has 0 radical (unpaired) electrons. The molecule has 1 amide bonds. The summed E-state index contributed by atoms with van der Waals surface area (Å²) in [6.07, 6.45) is 5.31. The second kappa shape index (κ2) is 9.83. The number of rotatable bonds is 6. The molecule has 1 aromatic carbocycles. The number of piperidine rings is 1. The van der Waals surface area contributed by atoms with E-state index in [0.717, 1.165) is 18.3 Å². The minimum atomic E-state index is -0.170. The number of hydrogen-bond donors (Lipinski definition) is 2. The maximum Gasteiger partial charge on any atom is 0.258 e. The van der Waals surface area contributed by atoms with Gasteiger partial charge in [-0.2, -0.15) is 11.8 Å². The van der Waals surface area contributed by atoms with Crippen LogP contribution in [0.25, 0.3) is 0 Å². The van der Waals surface area contributed by atoms with Crippen molar-refractivity contribution in [3.63, 3.8) is 0 Å². The molecule has 0 aliphatic carbocycles. The first-order valence-electron chi connectivity index (χ1n) is 10.3. The quantitative estimate of drug-likeness (QED) is 0.700. The molecular formula is C22H27ClN4OS. The van der Waals surface area contributed by atoms with E-state index < -0.39 is 0 Å². The molecule has 2 aliphatic rings. The van der Waals surface area contributed by atoms with Gasteiger partial charge in [0.2, 0.25) is 0 Å². The fourth-order valence-corrected chi connectivity index (χ4v) is 5.42. The van der Waals surface area contributed by atoms with Crippen LogP contribution in [-0.4, -0.2) is 53.0 Å². The third-order valence-corrected chi connectivity index (χ3v) is 7.16. The lowest BCUT2D eigenvalue weighted by Gasteiger charge is -2.36. The fraction of sp³-hybridized carbons (Fsp3) is 0.455. The number of amides is 1. The van der Waals surface area contributed by atoms with E-state index in [-0.39, 0.29) is 5.91 Å². The SMILES string of the molecule is O=C(Nc1ccc(Cl)cn1)c1ccccc1NCC1CCN(C2CCSC2)CC1. The molecule has 4 rings (SSSR count). The Morgan fingerprint density at radius 1 is 1.17 bits per heavy atom. The number of carbonyl (C=O) groups is 1. The van der Waals surface area contributed by atoms with Gasteiger partial charge in [-0.15, -0.1) is 0 Å². The van der Waals surface area contributed by atoms with Crippen molar-refractivity contribution >= 4 is 40.8 Å². The number of pyridine rings is 1. The molecule has 0 saturated carbocycles. The van der Waals surface area contributed by atoms with E-state index in [4.69, 9.17) is 11.6 Å². The van der Waals surface area contributed by atoms with Crippen LogP contribution < -0.4 is 10.6 Å². The summed E-state index contributed by atoms with van der Waals surface area (Å²) < 4.78 is 0. The van der Waals surface area contributed by atoms with Crippen molar-refractivity contribution in [3.8, 4) is 0 Å². The predicted molar refractivity (Wildman–Crippen MR) is 122 cm³/mol. The molecule has 29 heavy (non-hydrogen) atoms. The van der Waals surface area contributed by atoms with Crippen LogP contribution in [0.4, 0.5) is 11.5 Å². The van der Waals surface area contributed by atoms with E-state index >= 15 is 0 Å². The van der Waals surface area contributed by atoms with E-state index in [1.54, 1.807) is 12.1 Å². The van der Waals surface area contributed by atoms with Crippen LogP contribution in [0.3, 0.4) is 0 Å². The highest BCUT2D eigenvalue weighted by Crippen LogP contribution is 2.27. The smallest absolute Gasteiger partial charge is 0.258 e. The van der Waals surface area contributed by atoms with Crippen molar-refractivity contribution in [3.05, 3.63) is 53.2 Å². The van der Waals surface area contributed by atoms with E-state index in [1.165, 1.54) is 50.1 Å². The lowest BCUT2D eigenvalue weighted by molar-refractivity contribution is 0.102. The van der Waals surface area contributed by atoms with Crippen molar-refractivity contribution in [2.75, 3.05) is 41.8 Å². The van der Waals surface area contributed by atoms with Crippen molar-refractivity contribution in [2.45, 2.75) is 25.3 Å². The van der Waals surface area contributed by atoms with E-state index in [9.17, 15) is 4.79 Å². The summed E-state index contributed by atoms with van der Waals surface area (Å²) in [5.74, 6) is 3.59. The monoisotopic (exact) mass is 430 g/mol. The molecule has 0 bridgehead atoms. The molecule has 1 aromatic heterocycles. The minimum Gasteiger partial charge on any atom is -0.384 e. The van der Waals surface area contributed by atoms with Crippen LogP contribution in [0.2, 0.25) is 5.02 Å². The number of halogens is 1. The summed E-state index contributed by atoms with van der Waals surface area (Å²) >= 11 is 7.95. The molecule has 2 fully saturated rings. The number of para-hydroxylation sites is 1. The Morgan fingerprint density at radius 2 is 2.00 bits per heavy atom. The summed E-state index contributed by atoms with van der Waals surface area (Å²) in [7, 11) is 0. The van der Waals surface area contributed by atoms with Crippen LogP contribution in [0, 0.1) is 5.92 Å². The highest BCUT2D eigenvalue weighted by atomic mass is 35.5. The maximum atomic E-state index is 12.7. The van der Waals surface area contributed by atoms with Crippen LogP contribution in [0.5, 0.6) is 0 Å². The highest BCUT2D eigenvalue weighted by Gasteiger charge is 2.27. The summed E-state index contributed by atoms with van der Waals surface area (Å²) in [6, 6.07) is 11.9. The van der Waals surface area contributed by atoms with Gasteiger partial charge < -0.3 is 10.6 Å². The zero-order valence-electron chi connectivity index (χ0n) is 16.4. The Balaban J connectivity index is 1.31. The number of thioether (sulfide) groups is 1. The molecule has 2 aliphatic heterocycles. The Bertz CT molecular complexity index is 818. The van der Waals surface area contributed by atoms with Crippen LogP contribution in [0.15, 0.2) is 42.6 Å². The summed E-state index contributed by atoms with van der Waals surface area (Å²) in [4.78, 5) is 19.5. The average molecular weight is 431 g/mol. The third-order valence-electron chi connectivity index (χ3n) is 5.79. The first-order chi connectivity index (χ1) is 14.2. The summed E-state index contributed by atoms with van der Waals surface area (Å²) in [6.45, 7) is 3.29. The van der Waals surface area contributed by atoms with Crippen LogP contribution in [-0.2, 0) is 0 Å². The normalized spacial score (nSPS) is 20.5. The summed E-state index contributed by atoms with van der Waals surface area (Å²) in [5.41, 5.74) is 1.50. The number of likely N-dealkylation sites (tertiary alicyclic amines) is 1. The molecule has 0 spiro atoms. The highest BCUT2D eigenvalue weighted by molar-refractivity contribution is 7.99. The van der Waals surface area contributed by atoms with Gasteiger partial charge >= 0.3 is 0 Å². The van der Waals surface area contributed by atoms with Gasteiger partial charge in [0.25, 0.3) is 5.91 Å². The van der Waals surface area contributed by atoms with Gasteiger partial charge in [-0.25, -0.2) is 4.98 Å². The zero-order chi connectivity index (χ0) is 20.1. The van der Waals surface area contributed by atoms with Gasteiger partial charge in [0.15, 0.2) is 0 Å². The van der Waals surface area contributed by atoms with Crippen molar-refractivity contribution < 1.29 is 4.79 Å². The molecule has 3 heterocycles. The number of aromatic nitrogens is 1. The van der Waals surface area contributed by atoms with Gasteiger partial charge in [-0.1, -0.05) is 23.7 Å². The molecule has 2 saturated heterocycles. The average Bonchev–Trinajstić information content (AvgIpc) is 3.29. The zero-order valence-corrected chi connectivity index (χ0v) is 18.0. The molecule has 1 unspecified atom stereocenters. The number of carbonyl (C=O) groups excluding carboxylic acids is 1. The van der Waals surface area contributed by atoms with Crippen LogP contribution >= 0.6 is 23.4 Å². The molecule has 5 nitrogen and oxygen atoms in total. The largest absolute Gasteiger partial charge is 0.384 e. The lowest BCUT2D eigenvalue weighted by atomic mass is 9.95. The lowest BCUT2D eigenvalue weighted by Crippen LogP contribution is -2.42. The number of nitrogens with one attached hydrogen (secondary N) is 2. The second-order valence-corrected chi connectivity index (χ2v) is 9.33. The third kappa shape index (κ3) is 5.44. The number of hydrogen-bond acceptors (Lipinski definition) is 5. The minimum absolute atomic E-state index is 0.170. The molecule has 2 aromatic rings. The fourth-order valence-electron chi connectivity index (χ4n) is 4.06. The Morgan fingerprint density at radius 3 is 2.72 bits per heavy atom. The predicted octanol–water partition coefficient (Wildman–Crippen LogP) is 4.62. The van der Waals surface area contributed by atoms with E-state index in [1.807, 2.05) is 24.3 Å². The van der Waals surface area contributed by atoms with Crippen LogP contribution in [0.1, 0.15) is 29.6 Å². The topological polar surface area (TPSA) is 57.3 Å². The standard InChI is InChI=1S/C22H27ClN4OS/c23-17-5-6-21(25-14-17)26-22(28)19-3-1-2-4-20(19)24-13-16-7-10-27(11-8-16)18-9-12-29-15-18/h1-6,14,16,18,24H,7-13,15H2,(H,25,26,28). The first-order valence-corrected chi connectivity index (χ1v) is 11.8. The first kappa shape index (κ1) is 20.5. The number of nitrogens with zero attached hydrogens (tertiary/aromatic N) is 2. The van der Waals surface area contributed by atoms with Crippen molar-refractivity contribution in [1.29, 1.82) is 0 Å². The Hall–Kier alpha value is -1.76. The molecule has 7 heteroatoms. The molecule has 1 atom stereocenters. The number of benzene rings is 1. The maximum absolute atomic E-state index is 12.7. The second-order valence-electron chi connectivity index (χ2n) is 7.74. The van der Waals surface area contributed by atoms with Gasteiger partial charge in [-0.3, -0.25) is 9.69 Å². The molecule has 2 N–H and O–H groups in total. The van der Waals surface area contributed by atoms with E-state index in [2.05, 4.69) is 32.3 Å². The number of anilines is 2. The molecular weight excluding hydrogens is 404 g/mol. The van der Waals surface area contributed by atoms with Gasteiger partial charge in [0, 0.05) is 30.2 Å². The Kier molecular flexibility index (Phi) is 6.95. The van der Waals surface area contributed by atoms with E-state index in [0.29, 0.717) is 22.3 Å². The summed E-state index contributed by atoms with van der Waals surface area (Å²) in [5, 5.41) is 6.91. The van der Waals surface area contributed by atoms with Gasteiger partial charge in [0.1, 0.15) is 5.82 Å². The van der Waals surface area contributed by atoms with Crippen molar-refractivity contribution in [2.24, 2.45) is 5.92 Å².